The summed E-state index contributed by atoms with van der Waals surface area (Å²) in [6.45, 7) is 11.7. The predicted octanol–water partition coefficient (Wildman–Crippen LogP) is 4.46. The van der Waals surface area contributed by atoms with Gasteiger partial charge in [-0.3, -0.25) is 4.68 Å². The zero-order valence-electron chi connectivity index (χ0n) is 14.1. The molecule has 0 saturated carbocycles. The van der Waals surface area contributed by atoms with Crippen molar-refractivity contribution in [1.82, 2.24) is 9.78 Å². The van der Waals surface area contributed by atoms with Crippen LogP contribution in [-0.2, 0) is 12.0 Å². The number of benzene rings is 1. The van der Waals surface area contributed by atoms with Gasteiger partial charge in [0.1, 0.15) is 5.82 Å². The third-order valence-electron chi connectivity index (χ3n) is 2.84. The van der Waals surface area contributed by atoms with Crippen LogP contribution < -0.4 is 5.73 Å². The number of halogens is 1. The molecule has 1 heterocycles. The van der Waals surface area contributed by atoms with E-state index in [0.29, 0.717) is 13.1 Å². The van der Waals surface area contributed by atoms with E-state index in [1.165, 1.54) is 12.1 Å². The summed E-state index contributed by atoms with van der Waals surface area (Å²) < 4.78 is 14.8. The maximum atomic E-state index is 13.0. The van der Waals surface area contributed by atoms with Gasteiger partial charge in [-0.25, -0.2) is 4.39 Å². The third-order valence-corrected chi connectivity index (χ3v) is 3.86. The van der Waals surface area contributed by atoms with Gasteiger partial charge in [0.25, 0.3) is 0 Å². The molecule has 22 heavy (non-hydrogen) atoms. The molecule has 2 rings (SSSR count). The van der Waals surface area contributed by atoms with Crippen LogP contribution in [0.2, 0.25) is 0 Å². The molecule has 1 aromatic carbocycles. The Balaban J connectivity index is 0.00000116. The van der Waals surface area contributed by atoms with Crippen molar-refractivity contribution >= 4 is 11.8 Å². The summed E-state index contributed by atoms with van der Waals surface area (Å²) in [5, 5.41) is 4.63. The fraction of sp³-hybridized carbons (Fsp3) is 0.471. The molecule has 0 amide bonds. The summed E-state index contributed by atoms with van der Waals surface area (Å²) in [5.41, 5.74) is 6.59. The maximum absolute atomic E-state index is 13.0. The molecule has 2 aromatic rings. The van der Waals surface area contributed by atoms with Crippen LogP contribution in [-0.4, -0.2) is 16.3 Å². The number of hydrogen-bond donors (Lipinski definition) is 1. The minimum atomic E-state index is -0.218. The highest BCUT2D eigenvalue weighted by Crippen LogP contribution is 2.35. The lowest BCUT2D eigenvalue weighted by atomic mass is 9.92. The lowest BCUT2D eigenvalue weighted by Crippen LogP contribution is -2.15. The van der Waals surface area contributed by atoms with Crippen molar-refractivity contribution < 1.29 is 4.39 Å². The normalized spacial score (nSPS) is 11.0. The van der Waals surface area contributed by atoms with E-state index in [2.05, 4.69) is 25.9 Å². The minimum absolute atomic E-state index is 0.0395. The van der Waals surface area contributed by atoms with Crippen LogP contribution in [0.4, 0.5) is 4.39 Å². The first-order valence-corrected chi connectivity index (χ1v) is 8.43. The van der Waals surface area contributed by atoms with Gasteiger partial charge in [-0.1, -0.05) is 46.4 Å². The zero-order valence-corrected chi connectivity index (χ0v) is 14.9. The average molecular weight is 323 g/mol. The molecule has 122 valence electrons. The molecule has 0 atom stereocenters. The van der Waals surface area contributed by atoms with E-state index in [-0.39, 0.29) is 11.2 Å². The summed E-state index contributed by atoms with van der Waals surface area (Å²) in [6, 6.07) is 6.52. The van der Waals surface area contributed by atoms with Crippen molar-refractivity contribution in [1.29, 1.82) is 0 Å². The summed E-state index contributed by atoms with van der Waals surface area (Å²) in [5.74, 6) is -0.218. The Bertz CT molecular complexity index is 571. The number of nitrogens with zero attached hydrogens (tertiary/aromatic N) is 2. The van der Waals surface area contributed by atoms with E-state index >= 15 is 0 Å². The predicted molar refractivity (Wildman–Crippen MR) is 91.9 cm³/mol. The molecular weight excluding hydrogens is 297 g/mol. The third kappa shape index (κ3) is 5.14. The van der Waals surface area contributed by atoms with Gasteiger partial charge in [0.05, 0.1) is 17.1 Å². The van der Waals surface area contributed by atoms with E-state index in [1.54, 1.807) is 23.9 Å². The fourth-order valence-electron chi connectivity index (χ4n) is 1.87. The number of rotatable bonds is 4. The Morgan fingerprint density at radius 2 is 1.77 bits per heavy atom. The largest absolute Gasteiger partial charge is 0.329 e. The fourth-order valence-corrected chi connectivity index (χ4v) is 3.02. The second kappa shape index (κ2) is 8.34. The van der Waals surface area contributed by atoms with Crippen LogP contribution in [0.25, 0.3) is 0 Å². The topological polar surface area (TPSA) is 43.8 Å². The van der Waals surface area contributed by atoms with E-state index in [1.807, 2.05) is 24.7 Å². The molecule has 0 aliphatic heterocycles. The first kappa shape index (κ1) is 18.7. The lowest BCUT2D eigenvalue weighted by molar-refractivity contribution is 0.530. The Morgan fingerprint density at radius 1 is 1.18 bits per heavy atom. The monoisotopic (exact) mass is 323 g/mol. The van der Waals surface area contributed by atoms with Gasteiger partial charge < -0.3 is 5.73 Å². The smallest absolute Gasteiger partial charge is 0.123 e. The number of nitrogens with two attached hydrogens (primary N) is 1. The molecule has 0 radical (unpaired) electrons. The second-order valence-corrected chi connectivity index (χ2v) is 6.82. The lowest BCUT2D eigenvalue weighted by Gasteiger charge is -2.17. The Kier molecular flexibility index (Phi) is 7.10. The summed E-state index contributed by atoms with van der Waals surface area (Å²) in [4.78, 5) is 2.10. The van der Waals surface area contributed by atoms with Crippen LogP contribution in [0.15, 0.2) is 40.3 Å². The van der Waals surface area contributed by atoms with Crippen LogP contribution in [0.5, 0.6) is 0 Å². The second-order valence-electron chi connectivity index (χ2n) is 5.70. The van der Waals surface area contributed by atoms with Crippen molar-refractivity contribution in [2.75, 3.05) is 6.54 Å². The highest BCUT2D eigenvalue weighted by Gasteiger charge is 2.23. The molecule has 0 saturated heterocycles. The maximum Gasteiger partial charge on any atom is 0.123 e. The van der Waals surface area contributed by atoms with Gasteiger partial charge in [0.2, 0.25) is 0 Å². The Labute approximate surface area is 137 Å². The van der Waals surface area contributed by atoms with E-state index in [9.17, 15) is 4.39 Å². The average Bonchev–Trinajstić information content (AvgIpc) is 2.87. The van der Waals surface area contributed by atoms with E-state index in [4.69, 9.17) is 5.73 Å². The molecule has 0 aliphatic carbocycles. The van der Waals surface area contributed by atoms with Crippen LogP contribution in [0.1, 0.15) is 40.3 Å². The SMILES string of the molecule is CC.CC(C)(C)c1nn(CCN)cc1Sc1ccc(F)cc1. The van der Waals surface area contributed by atoms with Gasteiger partial charge in [-0.15, -0.1) is 0 Å². The van der Waals surface area contributed by atoms with Crippen molar-refractivity contribution in [3.8, 4) is 0 Å². The number of hydrogen-bond acceptors (Lipinski definition) is 3. The van der Waals surface area contributed by atoms with Crippen molar-refractivity contribution in [2.45, 2.75) is 56.4 Å². The quantitative estimate of drug-likeness (QED) is 0.903. The van der Waals surface area contributed by atoms with Gasteiger partial charge in [0.15, 0.2) is 0 Å². The molecule has 0 aliphatic rings. The van der Waals surface area contributed by atoms with Crippen LogP contribution >= 0.6 is 11.8 Å². The zero-order chi connectivity index (χ0) is 16.8. The van der Waals surface area contributed by atoms with Crippen molar-refractivity contribution in [2.24, 2.45) is 5.73 Å². The standard InChI is InChI=1S/C15H20FN3S.C2H6/c1-15(2,3)14-13(10-19(18-14)9-8-17)20-12-6-4-11(16)5-7-12;1-2/h4-7,10H,8-9,17H2,1-3H3;1-2H3. The molecule has 3 nitrogen and oxygen atoms in total. The molecule has 0 fully saturated rings. The Hall–Kier alpha value is -1.33. The van der Waals surface area contributed by atoms with Gasteiger partial charge in [-0.2, -0.15) is 5.10 Å². The van der Waals surface area contributed by atoms with Crippen LogP contribution in [0.3, 0.4) is 0 Å². The van der Waals surface area contributed by atoms with Gasteiger partial charge in [0, 0.05) is 23.1 Å². The van der Waals surface area contributed by atoms with Crippen LogP contribution in [0, 0.1) is 5.82 Å². The highest BCUT2D eigenvalue weighted by molar-refractivity contribution is 7.99. The molecule has 0 unspecified atom stereocenters. The van der Waals surface area contributed by atoms with E-state index < -0.39 is 0 Å². The van der Waals surface area contributed by atoms with Gasteiger partial charge >= 0.3 is 0 Å². The molecule has 5 heteroatoms. The molecule has 0 spiro atoms. The minimum Gasteiger partial charge on any atom is -0.329 e. The Morgan fingerprint density at radius 3 is 2.27 bits per heavy atom. The summed E-state index contributed by atoms with van der Waals surface area (Å²) in [6.07, 6.45) is 2.02. The molecular formula is C17H26FN3S. The summed E-state index contributed by atoms with van der Waals surface area (Å²) >= 11 is 1.61. The van der Waals surface area contributed by atoms with Crippen molar-refractivity contribution in [3.63, 3.8) is 0 Å². The van der Waals surface area contributed by atoms with Gasteiger partial charge in [-0.05, 0) is 24.3 Å². The van der Waals surface area contributed by atoms with E-state index in [0.717, 1.165) is 15.5 Å². The summed E-state index contributed by atoms with van der Waals surface area (Å²) in [7, 11) is 0. The molecule has 1 aromatic heterocycles. The highest BCUT2D eigenvalue weighted by atomic mass is 32.2. The molecule has 0 bridgehead atoms. The molecule has 2 N–H and O–H groups in total. The van der Waals surface area contributed by atoms with Crippen molar-refractivity contribution in [3.05, 3.63) is 42.0 Å². The first-order valence-electron chi connectivity index (χ1n) is 7.61. The number of aromatic nitrogens is 2. The first-order chi connectivity index (χ1) is 10.4.